The quantitative estimate of drug-likeness (QED) is 0.800. The topological polar surface area (TPSA) is 69.7 Å². The minimum atomic E-state index is -0.0845. The zero-order chi connectivity index (χ0) is 15.4. The third kappa shape index (κ3) is 4.19. The third-order valence-electron chi connectivity index (χ3n) is 4.36. The smallest absolute Gasteiger partial charge is 0.227 e. The highest BCUT2D eigenvalue weighted by atomic mass is 16.2. The highest BCUT2D eigenvalue weighted by Gasteiger charge is 2.32. The molecular weight excluding hydrogens is 270 g/mol. The molecule has 0 aromatic carbocycles. The van der Waals surface area contributed by atoms with Crippen molar-refractivity contribution in [3.63, 3.8) is 0 Å². The van der Waals surface area contributed by atoms with Crippen LogP contribution in [-0.4, -0.2) is 59.7 Å². The molecule has 0 aliphatic carbocycles. The standard InChI is InChI=1S/C15H25N3O3/c1-11(19)16-14-6-4-8-18(10-14)15(21)13-5-3-7-17(9-13)12(2)20/h13-14H,3-10H2,1-2H3,(H,16,19)/t13-,14+/m1/s1. The van der Waals surface area contributed by atoms with E-state index in [4.69, 9.17) is 0 Å². The van der Waals surface area contributed by atoms with Crippen LogP contribution < -0.4 is 5.32 Å². The molecule has 0 bridgehead atoms. The molecule has 2 aliphatic rings. The molecule has 0 aromatic rings. The summed E-state index contributed by atoms with van der Waals surface area (Å²) in [5, 5.41) is 2.90. The van der Waals surface area contributed by atoms with Gasteiger partial charge in [-0.25, -0.2) is 0 Å². The van der Waals surface area contributed by atoms with Crippen LogP contribution in [0.5, 0.6) is 0 Å². The van der Waals surface area contributed by atoms with Gasteiger partial charge in [0.1, 0.15) is 0 Å². The van der Waals surface area contributed by atoms with Crippen molar-refractivity contribution in [1.29, 1.82) is 0 Å². The SMILES string of the molecule is CC(=O)N[C@H]1CCCN(C(=O)[C@@H]2CCCN(C(C)=O)C2)C1. The molecule has 6 heteroatoms. The second-order valence-corrected chi connectivity index (χ2v) is 6.13. The van der Waals surface area contributed by atoms with Crippen LogP contribution in [0.25, 0.3) is 0 Å². The maximum Gasteiger partial charge on any atom is 0.227 e. The lowest BCUT2D eigenvalue weighted by atomic mass is 9.95. The Balaban J connectivity index is 1.92. The molecule has 6 nitrogen and oxygen atoms in total. The van der Waals surface area contributed by atoms with Gasteiger partial charge in [0.25, 0.3) is 0 Å². The van der Waals surface area contributed by atoms with E-state index in [9.17, 15) is 14.4 Å². The van der Waals surface area contributed by atoms with E-state index in [2.05, 4.69) is 5.32 Å². The number of hydrogen-bond donors (Lipinski definition) is 1. The molecule has 0 spiro atoms. The maximum atomic E-state index is 12.6. The zero-order valence-corrected chi connectivity index (χ0v) is 12.9. The number of rotatable bonds is 2. The Kier molecular flexibility index (Phi) is 5.20. The Hall–Kier alpha value is -1.59. The average molecular weight is 295 g/mol. The molecular formula is C15H25N3O3. The summed E-state index contributed by atoms with van der Waals surface area (Å²) < 4.78 is 0. The van der Waals surface area contributed by atoms with Crippen LogP contribution in [0.2, 0.25) is 0 Å². The second-order valence-electron chi connectivity index (χ2n) is 6.13. The Morgan fingerprint density at radius 3 is 2.29 bits per heavy atom. The van der Waals surface area contributed by atoms with Crippen molar-refractivity contribution < 1.29 is 14.4 Å². The van der Waals surface area contributed by atoms with Gasteiger partial charge in [-0.05, 0) is 25.7 Å². The number of likely N-dealkylation sites (tertiary alicyclic amines) is 2. The summed E-state index contributed by atoms with van der Waals surface area (Å²) in [5.41, 5.74) is 0. The van der Waals surface area contributed by atoms with Crippen LogP contribution in [0.3, 0.4) is 0 Å². The Morgan fingerprint density at radius 1 is 0.952 bits per heavy atom. The van der Waals surface area contributed by atoms with Crippen molar-refractivity contribution >= 4 is 17.7 Å². The molecule has 118 valence electrons. The van der Waals surface area contributed by atoms with Crippen molar-refractivity contribution in [3.05, 3.63) is 0 Å². The first-order valence-electron chi connectivity index (χ1n) is 7.78. The van der Waals surface area contributed by atoms with Gasteiger partial charge in [-0.15, -0.1) is 0 Å². The first kappa shape index (κ1) is 15.8. The summed E-state index contributed by atoms with van der Waals surface area (Å²) in [4.78, 5) is 38.9. The van der Waals surface area contributed by atoms with E-state index >= 15 is 0 Å². The molecule has 3 amide bonds. The number of nitrogens with one attached hydrogen (secondary N) is 1. The van der Waals surface area contributed by atoms with Crippen molar-refractivity contribution in [2.75, 3.05) is 26.2 Å². The zero-order valence-electron chi connectivity index (χ0n) is 12.9. The van der Waals surface area contributed by atoms with Gasteiger partial charge >= 0.3 is 0 Å². The molecule has 0 aromatic heterocycles. The van der Waals surface area contributed by atoms with Gasteiger partial charge in [-0.2, -0.15) is 0 Å². The largest absolute Gasteiger partial charge is 0.352 e. The normalized spacial score (nSPS) is 26.4. The van der Waals surface area contributed by atoms with Crippen molar-refractivity contribution in [3.8, 4) is 0 Å². The fourth-order valence-corrected chi connectivity index (χ4v) is 3.31. The summed E-state index contributed by atoms with van der Waals surface area (Å²) in [6.45, 7) is 5.71. The second kappa shape index (κ2) is 6.91. The molecule has 0 unspecified atom stereocenters. The number of nitrogens with zero attached hydrogens (tertiary/aromatic N) is 2. The summed E-state index contributed by atoms with van der Waals surface area (Å²) in [6, 6.07) is 0.0627. The van der Waals surface area contributed by atoms with E-state index in [0.29, 0.717) is 13.1 Å². The van der Waals surface area contributed by atoms with Gasteiger partial charge in [-0.1, -0.05) is 0 Å². The summed E-state index contributed by atoms with van der Waals surface area (Å²) in [5.74, 6) is 0.0479. The van der Waals surface area contributed by atoms with Crippen molar-refractivity contribution in [2.24, 2.45) is 5.92 Å². The van der Waals surface area contributed by atoms with E-state index in [1.54, 1.807) is 11.8 Å². The van der Waals surface area contributed by atoms with E-state index in [1.807, 2.05) is 4.90 Å². The lowest BCUT2D eigenvalue weighted by molar-refractivity contribution is -0.141. The van der Waals surface area contributed by atoms with Gasteiger partial charge in [-0.3, -0.25) is 14.4 Å². The molecule has 1 N–H and O–H groups in total. The first-order valence-corrected chi connectivity index (χ1v) is 7.78. The van der Waals surface area contributed by atoms with Gasteiger partial charge in [0.15, 0.2) is 0 Å². The van der Waals surface area contributed by atoms with Crippen LogP contribution >= 0.6 is 0 Å². The lowest BCUT2D eigenvalue weighted by Crippen LogP contribution is -2.53. The molecule has 2 fully saturated rings. The van der Waals surface area contributed by atoms with E-state index in [1.165, 1.54) is 6.92 Å². The molecule has 2 aliphatic heterocycles. The Labute approximate surface area is 125 Å². The van der Waals surface area contributed by atoms with E-state index in [0.717, 1.165) is 38.8 Å². The summed E-state index contributed by atoms with van der Waals surface area (Å²) in [7, 11) is 0. The third-order valence-corrected chi connectivity index (χ3v) is 4.36. The van der Waals surface area contributed by atoms with Gasteiger partial charge in [0.05, 0.1) is 5.92 Å². The molecule has 0 saturated carbocycles. The molecule has 0 radical (unpaired) electrons. The molecule has 2 atom stereocenters. The van der Waals surface area contributed by atoms with Gasteiger partial charge < -0.3 is 15.1 Å². The van der Waals surface area contributed by atoms with Crippen LogP contribution in [0.1, 0.15) is 39.5 Å². The predicted octanol–water partition coefficient (Wildman–Crippen LogP) is 0.372. The lowest BCUT2D eigenvalue weighted by Gasteiger charge is -2.38. The van der Waals surface area contributed by atoms with Crippen molar-refractivity contribution in [2.45, 2.75) is 45.6 Å². The van der Waals surface area contributed by atoms with Crippen LogP contribution in [0.15, 0.2) is 0 Å². The van der Waals surface area contributed by atoms with Crippen molar-refractivity contribution in [1.82, 2.24) is 15.1 Å². The number of hydrogen-bond acceptors (Lipinski definition) is 3. The minimum Gasteiger partial charge on any atom is -0.352 e. The van der Waals surface area contributed by atoms with Crippen LogP contribution in [0.4, 0.5) is 0 Å². The minimum absolute atomic E-state index is 0.0438. The van der Waals surface area contributed by atoms with Crippen LogP contribution in [0, 0.1) is 5.92 Å². The van der Waals surface area contributed by atoms with Crippen LogP contribution in [-0.2, 0) is 14.4 Å². The highest BCUT2D eigenvalue weighted by molar-refractivity contribution is 5.81. The maximum absolute atomic E-state index is 12.6. The number of piperidine rings is 2. The number of carbonyl (C=O) groups is 3. The molecule has 2 rings (SSSR count). The fraction of sp³-hybridized carbons (Fsp3) is 0.800. The molecule has 2 saturated heterocycles. The fourth-order valence-electron chi connectivity index (χ4n) is 3.31. The Morgan fingerprint density at radius 2 is 1.62 bits per heavy atom. The van der Waals surface area contributed by atoms with Gasteiger partial charge in [0, 0.05) is 46.1 Å². The first-order chi connectivity index (χ1) is 9.97. The summed E-state index contributed by atoms with van der Waals surface area (Å²) in [6.07, 6.45) is 3.58. The number of amides is 3. The highest BCUT2D eigenvalue weighted by Crippen LogP contribution is 2.21. The molecule has 21 heavy (non-hydrogen) atoms. The van der Waals surface area contributed by atoms with E-state index < -0.39 is 0 Å². The predicted molar refractivity (Wildman–Crippen MR) is 78.4 cm³/mol. The summed E-state index contributed by atoms with van der Waals surface area (Å²) >= 11 is 0. The molecule has 2 heterocycles. The Bertz CT molecular complexity index is 424. The monoisotopic (exact) mass is 295 g/mol. The number of carbonyl (C=O) groups excluding carboxylic acids is 3. The van der Waals surface area contributed by atoms with E-state index in [-0.39, 0.29) is 29.7 Å². The average Bonchev–Trinajstić information content (AvgIpc) is 2.46. The van der Waals surface area contributed by atoms with Gasteiger partial charge in [0.2, 0.25) is 17.7 Å².